The number of benzene rings is 2. The number of nitrogens with one attached hydrogen (secondary N) is 1. The Morgan fingerprint density at radius 3 is 2.47 bits per heavy atom. The van der Waals surface area contributed by atoms with Crippen LogP contribution < -0.4 is 14.8 Å². The highest BCUT2D eigenvalue weighted by Gasteiger charge is 2.27. The minimum Gasteiger partial charge on any atom is -0.492 e. The summed E-state index contributed by atoms with van der Waals surface area (Å²) in [5, 5.41) is 3.78. The molecule has 2 heterocycles. The van der Waals surface area contributed by atoms with Gasteiger partial charge in [-0.1, -0.05) is 24.6 Å². The van der Waals surface area contributed by atoms with Gasteiger partial charge in [0.15, 0.2) is 0 Å². The third kappa shape index (κ3) is 8.60. The summed E-state index contributed by atoms with van der Waals surface area (Å²) >= 11 is 6.47. The number of Topliss-reactive ketones (excluding diaryl/α,β-unsaturated/α-hetero) is 1. The third-order valence-corrected chi connectivity index (χ3v) is 7.54. The third-order valence-electron chi connectivity index (χ3n) is 7.18. The number of nitrogens with zero attached hydrogens (tertiary/aromatic N) is 2. The second kappa shape index (κ2) is 14.1. The molecule has 0 atom stereocenters. The molecule has 0 aliphatic carbocycles. The van der Waals surface area contributed by atoms with E-state index in [0.717, 1.165) is 24.8 Å². The van der Waals surface area contributed by atoms with Crippen LogP contribution in [-0.4, -0.2) is 60.0 Å². The van der Waals surface area contributed by atoms with E-state index in [9.17, 15) is 14.4 Å². The van der Waals surface area contributed by atoms with Crippen LogP contribution >= 0.6 is 11.6 Å². The van der Waals surface area contributed by atoms with E-state index in [2.05, 4.69) is 10.3 Å². The van der Waals surface area contributed by atoms with Crippen LogP contribution in [-0.2, 0) is 16.0 Å². The Morgan fingerprint density at radius 1 is 1.07 bits per heavy atom. The van der Waals surface area contributed by atoms with Crippen LogP contribution in [0.2, 0.25) is 5.02 Å². The number of fused-ring (bicyclic) bond motifs is 1. The largest absolute Gasteiger partial charge is 0.492 e. The van der Waals surface area contributed by atoms with Gasteiger partial charge in [-0.2, -0.15) is 0 Å². The molecule has 1 aliphatic rings. The topological polar surface area (TPSA) is 107 Å². The molecular formula is C33H40ClN3O6. The van der Waals surface area contributed by atoms with E-state index in [-0.39, 0.29) is 30.1 Å². The van der Waals surface area contributed by atoms with Gasteiger partial charge in [0.2, 0.25) is 0 Å². The first-order chi connectivity index (χ1) is 20.5. The van der Waals surface area contributed by atoms with Crippen molar-refractivity contribution in [3.05, 3.63) is 58.7 Å². The molecule has 9 nitrogen and oxygen atoms in total. The van der Waals surface area contributed by atoms with Gasteiger partial charge in [0.25, 0.3) is 5.91 Å². The van der Waals surface area contributed by atoms with Gasteiger partial charge in [0.05, 0.1) is 17.7 Å². The Labute approximate surface area is 257 Å². The quantitative estimate of drug-likeness (QED) is 0.264. The smallest absolute Gasteiger partial charge is 0.410 e. The van der Waals surface area contributed by atoms with Crippen molar-refractivity contribution >= 4 is 40.3 Å². The van der Waals surface area contributed by atoms with Gasteiger partial charge >= 0.3 is 6.09 Å². The minimum absolute atomic E-state index is 0.143. The molecule has 1 aliphatic heterocycles. The Bertz CT molecular complexity index is 1480. The van der Waals surface area contributed by atoms with Crippen molar-refractivity contribution in [1.29, 1.82) is 0 Å². The number of piperidine rings is 1. The second-order valence-electron chi connectivity index (χ2n) is 11.8. The lowest BCUT2D eigenvalue weighted by atomic mass is 9.98. The lowest BCUT2D eigenvalue weighted by molar-refractivity contribution is -0.118. The van der Waals surface area contributed by atoms with E-state index < -0.39 is 5.60 Å². The standard InChI is InChI=1S/C33H40ClN3O6/c1-6-7-23(38)16-22-8-9-24(17-27(22)34)42-29-10-13-36-28-19-30(26(18-25(28)29)31(39)35-5)41-20-21-11-14-37(15-12-21)32(40)43-33(2,3)4/h8-10,13,17-19,21H,6-7,11-12,14-16,20H2,1-5H3,(H,35,39). The molecule has 0 bridgehead atoms. The molecule has 0 saturated carbocycles. The van der Waals surface area contributed by atoms with Crippen molar-refractivity contribution in [3.8, 4) is 17.2 Å². The number of hydrogen-bond acceptors (Lipinski definition) is 7. The van der Waals surface area contributed by atoms with Crippen LogP contribution in [0, 0.1) is 5.92 Å². The predicted molar refractivity (Wildman–Crippen MR) is 166 cm³/mol. The fourth-order valence-corrected chi connectivity index (χ4v) is 5.16. The molecule has 1 N–H and O–H groups in total. The van der Waals surface area contributed by atoms with Gasteiger partial charge in [0.1, 0.15) is 28.6 Å². The summed E-state index contributed by atoms with van der Waals surface area (Å²) in [6.07, 6.45) is 4.47. The molecular weight excluding hydrogens is 570 g/mol. The molecule has 230 valence electrons. The van der Waals surface area contributed by atoms with Crippen LogP contribution in [0.15, 0.2) is 42.6 Å². The first-order valence-electron chi connectivity index (χ1n) is 14.7. The first kappa shape index (κ1) is 32.1. The van der Waals surface area contributed by atoms with Crippen molar-refractivity contribution < 1.29 is 28.6 Å². The summed E-state index contributed by atoms with van der Waals surface area (Å²) in [6.45, 7) is 9.12. The average Bonchev–Trinajstić information content (AvgIpc) is 2.96. The van der Waals surface area contributed by atoms with Crippen molar-refractivity contribution in [2.45, 2.75) is 65.4 Å². The Morgan fingerprint density at radius 2 is 1.81 bits per heavy atom. The highest BCUT2D eigenvalue weighted by molar-refractivity contribution is 6.31. The summed E-state index contributed by atoms with van der Waals surface area (Å²) in [6, 6.07) is 10.5. The molecule has 0 spiro atoms. The first-order valence-corrected chi connectivity index (χ1v) is 15.1. The maximum atomic E-state index is 12.9. The summed E-state index contributed by atoms with van der Waals surface area (Å²) in [5.74, 6) is 1.50. The van der Waals surface area contributed by atoms with Crippen LogP contribution in [0.5, 0.6) is 17.2 Å². The monoisotopic (exact) mass is 609 g/mol. The van der Waals surface area contributed by atoms with Gasteiger partial charge in [-0.15, -0.1) is 0 Å². The highest BCUT2D eigenvalue weighted by atomic mass is 35.5. The molecule has 4 rings (SSSR count). The van der Waals surface area contributed by atoms with E-state index in [0.29, 0.717) is 64.9 Å². The molecule has 43 heavy (non-hydrogen) atoms. The van der Waals surface area contributed by atoms with Gasteiger partial charge in [-0.05, 0) is 75.8 Å². The van der Waals surface area contributed by atoms with E-state index in [4.69, 9.17) is 25.8 Å². The number of carbonyl (C=O) groups is 3. The molecule has 10 heteroatoms. The van der Waals surface area contributed by atoms with Crippen LogP contribution in [0.3, 0.4) is 0 Å². The number of carbonyl (C=O) groups excluding carboxylic acids is 3. The number of pyridine rings is 1. The minimum atomic E-state index is -0.532. The van der Waals surface area contributed by atoms with Crippen LogP contribution in [0.25, 0.3) is 10.9 Å². The summed E-state index contributed by atoms with van der Waals surface area (Å²) < 4.78 is 17.9. The molecule has 3 aromatic rings. The number of rotatable bonds is 10. The van der Waals surface area contributed by atoms with Crippen LogP contribution in [0.4, 0.5) is 4.79 Å². The molecule has 0 radical (unpaired) electrons. The van der Waals surface area contributed by atoms with Crippen LogP contribution in [0.1, 0.15) is 69.3 Å². The number of hydrogen-bond donors (Lipinski definition) is 1. The number of ketones is 1. The lowest BCUT2D eigenvalue weighted by Gasteiger charge is -2.33. The zero-order valence-corrected chi connectivity index (χ0v) is 26.3. The normalized spacial score (nSPS) is 14.0. The lowest BCUT2D eigenvalue weighted by Crippen LogP contribution is -2.42. The fourth-order valence-electron chi connectivity index (χ4n) is 4.93. The molecule has 1 fully saturated rings. The SMILES string of the molecule is CCCC(=O)Cc1ccc(Oc2ccnc3cc(OCC4CCN(C(=O)OC(C)(C)C)CC4)c(C(=O)NC)cc23)cc1Cl. The van der Waals surface area contributed by atoms with Crippen molar-refractivity contribution in [1.82, 2.24) is 15.2 Å². The van der Waals surface area contributed by atoms with E-state index in [1.165, 1.54) is 0 Å². The number of likely N-dealkylation sites (tertiary alicyclic amines) is 1. The highest BCUT2D eigenvalue weighted by Crippen LogP contribution is 2.35. The van der Waals surface area contributed by atoms with Gasteiger partial charge in [-0.25, -0.2) is 4.79 Å². The summed E-state index contributed by atoms with van der Waals surface area (Å²) in [7, 11) is 1.57. The Balaban J connectivity index is 1.49. The second-order valence-corrected chi connectivity index (χ2v) is 12.2. The molecule has 1 aromatic heterocycles. The summed E-state index contributed by atoms with van der Waals surface area (Å²) in [4.78, 5) is 43.6. The number of amides is 2. The van der Waals surface area contributed by atoms with Crippen molar-refractivity contribution in [2.75, 3.05) is 26.7 Å². The van der Waals surface area contributed by atoms with Crippen molar-refractivity contribution in [2.24, 2.45) is 5.92 Å². The van der Waals surface area contributed by atoms with Gasteiger partial charge in [-0.3, -0.25) is 14.6 Å². The van der Waals surface area contributed by atoms with Crippen molar-refractivity contribution in [3.63, 3.8) is 0 Å². The number of halogens is 1. The molecule has 2 aromatic carbocycles. The maximum absolute atomic E-state index is 12.9. The zero-order chi connectivity index (χ0) is 31.1. The molecule has 0 unspecified atom stereocenters. The maximum Gasteiger partial charge on any atom is 0.410 e. The zero-order valence-electron chi connectivity index (χ0n) is 25.5. The van der Waals surface area contributed by atoms with E-state index in [1.54, 1.807) is 54.5 Å². The molecule has 2 amide bonds. The number of ether oxygens (including phenoxy) is 3. The number of aromatic nitrogens is 1. The Kier molecular flexibility index (Phi) is 10.5. The Hall–Kier alpha value is -3.85. The van der Waals surface area contributed by atoms with E-state index >= 15 is 0 Å². The fraction of sp³-hybridized carbons (Fsp3) is 0.455. The summed E-state index contributed by atoms with van der Waals surface area (Å²) in [5.41, 5.74) is 1.19. The van der Waals surface area contributed by atoms with E-state index in [1.807, 2.05) is 27.7 Å². The average molecular weight is 610 g/mol. The molecule has 1 saturated heterocycles. The van der Waals surface area contributed by atoms with Gasteiger partial charge < -0.3 is 24.4 Å². The van der Waals surface area contributed by atoms with Gasteiger partial charge in [0, 0.05) is 55.7 Å². The predicted octanol–water partition coefficient (Wildman–Crippen LogP) is 6.98.